The number of fused-ring (bicyclic) bond motifs is 1. The molecule has 1 fully saturated rings. The van der Waals surface area contributed by atoms with Gasteiger partial charge in [-0.15, -0.1) is 12.4 Å². The SMILES string of the molecule is Cl.O=C1CCc2cc(C(=O)NC3CCNC3)c(F)cc2N1. The Kier molecular flexibility index (Phi) is 4.80. The van der Waals surface area contributed by atoms with Crippen LogP contribution in [-0.4, -0.2) is 30.9 Å². The summed E-state index contributed by atoms with van der Waals surface area (Å²) in [6.07, 6.45) is 1.76. The number of hydrogen-bond acceptors (Lipinski definition) is 3. The molecular formula is C14H17ClFN3O2. The molecule has 1 atom stereocenters. The van der Waals surface area contributed by atoms with Crippen molar-refractivity contribution < 1.29 is 14.0 Å². The molecule has 1 aromatic carbocycles. The summed E-state index contributed by atoms with van der Waals surface area (Å²) >= 11 is 0. The van der Waals surface area contributed by atoms with E-state index in [4.69, 9.17) is 0 Å². The van der Waals surface area contributed by atoms with Crippen molar-refractivity contribution in [2.75, 3.05) is 18.4 Å². The van der Waals surface area contributed by atoms with E-state index in [0.717, 1.165) is 18.5 Å². The Morgan fingerprint density at radius 1 is 1.33 bits per heavy atom. The van der Waals surface area contributed by atoms with E-state index in [1.54, 1.807) is 6.07 Å². The molecule has 114 valence electrons. The molecule has 2 heterocycles. The van der Waals surface area contributed by atoms with Crippen molar-refractivity contribution in [1.29, 1.82) is 0 Å². The number of rotatable bonds is 2. The topological polar surface area (TPSA) is 70.2 Å². The minimum absolute atomic E-state index is 0. The number of benzene rings is 1. The van der Waals surface area contributed by atoms with E-state index in [-0.39, 0.29) is 29.9 Å². The number of aryl methyl sites for hydroxylation is 1. The first kappa shape index (κ1) is 15.7. The summed E-state index contributed by atoms with van der Waals surface area (Å²) in [7, 11) is 0. The number of hydrogen-bond donors (Lipinski definition) is 3. The Morgan fingerprint density at radius 3 is 2.86 bits per heavy atom. The summed E-state index contributed by atoms with van der Waals surface area (Å²) in [4.78, 5) is 23.4. The molecule has 2 aliphatic rings. The van der Waals surface area contributed by atoms with Gasteiger partial charge in [0.2, 0.25) is 5.91 Å². The fourth-order valence-corrected chi connectivity index (χ4v) is 2.62. The highest BCUT2D eigenvalue weighted by atomic mass is 35.5. The first-order valence-electron chi connectivity index (χ1n) is 6.77. The summed E-state index contributed by atoms with van der Waals surface area (Å²) in [5, 5.41) is 8.58. The van der Waals surface area contributed by atoms with Gasteiger partial charge in [0, 0.05) is 24.7 Å². The Bertz CT molecular complexity index is 574. The van der Waals surface area contributed by atoms with Gasteiger partial charge in [0.05, 0.1) is 5.56 Å². The Hall–Kier alpha value is -1.66. The van der Waals surface area contributed by atoms with Crippen LogP contribution in [0.4, 0.5) is 10.1 Å². The lowest BCUT2D eigenvalue weighted by Crippen LogP contribution is -2.36. The minimum atomic E-state index is -0.602. The predicted molar refractivity (Wildman–Crippen MR) is 79.3 cm³/mol. The van der Waals surface area contributed by atoms with Crippen LogP contribution in [0.3, 0.4) is 0 Å². The molecule has 0 spiro atoms. The molecule has 5 nitrogen and oxygen atoms in total. The quantitative estimate of drug-likeness (QED) is 0.769. The molecule has 0 saturated carbocycles. The summed E-state index contributed by atoms with van der Waals surface area (Å²) in [6, 6.07) is 2.83. The van der Waals surface area contributed by atoms with Crippen molar-refractivity contribution in [3.8, 4) is 0 Å². The largest absolute Gasteiger partial charge is 0.348 e. The first-order valence-corrected chi connectivity index (χ1v) is 6.77. The molecule has 3 N–H and O–H groups in total. The highest BCUT2D eigenvalue weighted by Crippen LogP contribution is 2.26. The molecule has 2 amide bonds. The maximum Gasteiger partial charge on any atom is 0.254 e. The fraction of sp³-hybridized carbons (Fsp3) is 0.429. The molecule has 1 saturated heterocycles. The van der Waals surface area contributed by atoms with Crippen molar-refractivity contribution in [3.63, 3.8) is 0 Å². The second-order valence-electron chi connectivity index (χ2n) is 5.20. The number of amides is 2. The molecule has 1 aromatic rings. The molecule has 1 unspecified atom stereocenters. The van der Waals surface area contributed by atoms with Crippen LogP contribution >= 0.6 is 12.4 Å². The van der Waals surface area contributed by atoms with Crippen LogP contribution < -0.4 is 16.0 Å². The minimum Gasteiger partial charge on any atom is -0.348 e. The zero-order chi connectivity index (χ0) is 14.1. The van der Waals surface area contributed by atoms with Gasteiger partial charge in [-0.3, -0.25) is 9.59 Å². The molecule has 3 rings (SSSR count). The molecular weight excluding hydrogens is 297 g/mol. The monoisotopic (exact) mass is 313 g/mol. The second kappa shape index (κ2) is 6.41. The van der Waals surface area contributed by atoms with Gasteiger partial charge in [0.25, 0.3) is 5.91 Å². The van der Waals surface area contributed by atoms with Crippen LogP contribution in [0, 0.1) is 5.82 Å². The summed E-state index contributed by atoms with van der Waals surface area (Å²) < 4.78 is 14.0. The van der Waals surface area contributed by atoms with Gasteiger partial charge < -0.3 is 16.0 Å². The van der Waals surface area contributed by atoms with E-state index in [2.05, 4.69) is 16.0 Å². The highest BCUT2D eigenvalue weighted by molar-refractivity contribution is 5.98. The van der Waals surface area contributed by atoms with Gasteiger partial charge in [-0.1, -0.05) is 0 Å². The van der Waals surface area contributed by atoms with Gasteiger partial charge in [-0.25, -0.2) is 4.39 Å². The smallest absolute Gasteiger partial charge is 0.254 e. The van der Waals surface area contributed by atoms with Crippen LogP contribution in [0.2, 0.25) is 0 Å². The lowest BCUT2D eigenvalue weighted by molar-refractivity contribution is -0.116. The van der Waals surface area contributed by atoms with Crippen LogP contribution in [0.15, 0.2) is 12.1 Å². The summed E-state index contributed by atoms with van der Waals surface area (Å²) in [6.45, 7) is 1.58. The predicted octanol–water partition coefficient (Wildman–Crippen LogP) is 1.22. The molecule has 0 radical (unpaired) electrons. The average molecular weight is 314 g/mol. The third-order valence-corrected chi connectivity index (χ3v) is 3.73. The molecule has 0 aliphatic carbocycles. The Balaban J connectivity index is 0.00000161. The highest BCUT2D eigenvalue weighted by Gasteiger charge is 2.23. The Labute approximate surface area is 128 Å². The third kappa shape index (κ3) is 3.33. The van der Waals surface area contributed by atoms with Crippen LogP contribution in [0.25, 0.3) is 0 Å². The number of carbonyl (C=O) groups excluding carboxylic acids is 2. The first-order chi connectivity index (χ1) is 9.63. The van der Waals surface area contributed by atoms with Crippen molar-refractivity contribution in [3.05, 3.63) is 29.1 Å². The number of carbonyl (C=O) groups is 2. The normalized spacial score (nSPS) is 20.2. The lowest BCUT2D eigenvalue weighted by Gasteiger charge is -2.19. The van der Waals surface area contributed by atoms with Crippen molar-refractivity contribution in [2.45, 2.75) is 25.3 Å². The standard InChI is InChI=1S/C14H16FN3O2.ClH/c15-11-6-12-8(1-2-13(19)18-12)5-10(11)14(20)17-9-3-4-16-7-9;/h5-6,9,16H,1-4,7H2,(H,17,20)(H,18,19);1H. The summed E-state index contributed by atoms with van der Waals surface area (Å²) in [5.74, 6) is -1.11. The summed E-state index contributed by atoms with van der Waals surface area (Å²) in [5.41, 5.74) is 1.32. The van der Waals surface area contributed by atoms with Crippen molar-refractivity contribution in [1.82, 2.24) is 10.6 Å². The number of anilines is 1. The number of halogens is 2. The molecule has 21 heavy (non-hydrogen) atoms. The van der Waals surface area contributed by atoms with Gasteiger partial charge in [0.1, 0.15) is 5.82 Å². The zero-order valence-electron chi connectivity index (χ0n) is 11.4. The fourth-order valence-electron chi connectivity index (χ4n) is 2.62. The maximum atomic E-state index is 14.0. The molecule has 0 bridgehead atoms. The Morgan fingerprint density at radius 2 is 2.14 bits per heavy atom. The molecule has 0 aromatic heterocycles. The van der Waals surface area contributed by atoms with Crippen molar-refractivity contribution in [2.24, 2.45) is 0 Å². The van der Waals surface area contributed by atoms with Gasteiger partial charge in [-0.05, 0) is 37.1 Å². The van der Waals surface area contributed by atoms with Gasteiger partial charge in [0.15, 0.2) is 0 Å². The van der Waals surface area contributed by atoms with E-state index >= 15 is 0 Å². The zero-order valence-corrected chi connectivity index (χ0v) is 12.2. The lowest BCUT2D eigenvalue weighted by atomic mass is 9.99. The van der Waals surface area contributed by atoms with Gasteiger partial charge >= 0.3 is 0 Å². The van der Waals surface area contributed by atoms with Crippen LogP contribution in [0.5, 0.6) is 0 Å². The van der Waals surface area contributed by atoms with Gasteiger partial charge in [-0.2, -0.15) is 0 Å². The van der Waals surface area contributed by atoms with Crippen LogP contribution in [-0.2, 0) is 11.2 Å². The molecule has 2 aliphatic heterocycles. The van der Waals surface area contributed by atoms with E-state index in [1.165, 1.54) is 6.07 Å². The van der Waals surface area contributed by atoms with Crippen LogP contribution in [0.1, 0.15) is 28.8 Å². The molecule has 7 heteroatoms. The van der Waals surface area contributed by atoms with E-state index in [1.807, 2.05) is 0 Å². The van der Waals surface area contributed by atoms with E-state index in [9.17, 15) is 14.0 Å². The number of nitrogens with one attached hydrogen (secondary N) is 3. The maximum absolute atomic E-state index is 14.0. The van der Waals surface area contributed by atoms with E-state index in [0.29, 0.717) is 25.1 Å². The van der Waals surface area contributed by atoms with E-state index < -0.39 is 11.7 Å². The second-order valence-corrected chi connectivity index (χ2v) is 5.20. The third-order valence-electron chi connectivity index (χ3n) is 3.73. The average Bonchev–Trinajstić information content (AvgIpc) is 2.90. The van der Waals surface area contributed by atoms with Crippen molar-refractivity contribution >= 4 is 29.9 Å².